The first kappa shape index (κ1) is 30.7. The van der Waals surface area contributed by atoms with Crippen LogP contribution in [-0.4, -0.2) is 70.2 Å². The third-order valence-electron chi connectivity index (χ3n) is 5.77. The van der Waals surface area contributed by atoms with Crippen molar-refractivity contribution in [1.82, 2.24) is 24.6 Å². The number of nitrogens with one attached hydrogen (secondary N) is 1. The number of hydrogen-bond acceptors (Lipinski definition) is 12. The van der Waals surface area contributed by atoms with E-state index in [0.717, 1.165) is 7.11 Å². The number of nitrogens with zero attached hydrogens (tertiary/aromatic N) is 4. The van der Waals surface area contributed by atoms with Crippen LogP contribution >= 0.6 is 20.1 Å². The highest BCUT2D eigenvalue weighted by atomic mass is 35.5. The van der Waals surface area contributed by atoms with Crippen LogP contribution < -0.4 is 20.1 Å². The summed E-state index contributed by atoms with van der Waals surface area (Å²) in [7, 11) is 2.08. The number of nitrogens with two attached hydrogens (primary N) is 1. The lowest BCUT2D eigenvalue weighted by Gasteiger charge is -2.28. The minimum atomic E-state index is -1.75. The van der Waals surface area contributed by atoms with E-state index < -0.39 is 20.0 Å². The van der Waals surface area contributed by atoms with Crippen molar-refractivity contribution in [2.75, 3.05) is 33.7 Å². The van der Waals surface area contributed by atoms with Crippen LogP contribution in [0.15, 0.2) is 30.6 Å². The highest BCUT2D eigenvalue weighted by Gasteiger charge is 2.38. The quantitative estimate of drug-likeness (QED) is 0.235. The molecule has 39 heavy (non-hydrogen) atoms. The Labute approximate surface area is 232 Å². The van der Waals surface area contributed by atoms with Crippen molar-refractivity contribution in [3.05, 3.63) is 35.6 Å². The lowest BCUT2D eigenvalue weighted by molar-refractivity contribution is -0.146. The van der Waals surface area contributed by atoms with Gasteiger partial charge >= 0.3 is 14.5 Å². The maximum Gasteiger partial charge on any atom is 0.325 e. The lowest BCUT2D eigenvalue weighted by atomic mass is 10.1. The van der Waals surface area contributed by atoms with Gasteiger partial charge in [0.2, 0.25) is 11.8 Å². The van der Waals surface area contributed by atoms with Crippen molar-refractivity contribution >= 4 is 43.2 Å². The monoisotopic (exact) mass is 584 g/mol. The van der Waals surface area contributed by atoms with Crippen LogP contribution in [0, 0.1) is 5.92 Å². The van der Waals surface area contributed by atoms with Crippen LogP contribution in [0.4, 0.5) is 5.95 Å². The van der Waals surface area contributed by atoms with Gasteiger partial charge in [0.1, 0.15) is 17.5 Å². The van der Waals surface area contributed by atoms with Gasteiger partial charge in [-0.25, -0.2) is 10.1 Å². The lowest BCUT2D eigenvalue weighted by Crippen LogP contribution is -2.45. The second kappa shape index (κ2) is 13.5. The van der Waals surface area contributed by atoms with Gasteiger partial charge in [0, 0.05) is 18.1 Å². The molecule has 0 spiro atoms. The zero-order valence-corrected chi connectivity index (χ0v) is 24.3. The van der Waals surface area contributed by atoms with E-state index in [2.05, 4.69) is 27.0 Å². The number of aliphatic hydroxyl groups excluding tert-OH is 1. The smallest absolute Gasteiger partial charge is 0.325 e. The first-order valence-electron chi connectivity index (χ1n) is 12.0. The normalized spacial score (nSPS) is 19.7. The number of carbonyl (C=O) groups is 1. The Morgan fingerprint density at radius 1 is 1.28 bits per heavy atom. The zero-order chi connectivity index (χ0) is 28.7. The molecular formula is C24H34ClN6O7P. The molecule has 0 saturated carbocycles. The number of rotatable bonds is 10. The van der Waals surface area contributed by atoms with E-state index in [1.54, 1.807) is 44.4 Å². The molecule has 0 aliphatic carbocycles. The second-order valence-corrected chi connectivity index (χ2v) is 10.7. The van der Waals surface area contributed by atoms with Crippen LogP contribution in [-0.2, 0) is 18.8 Å². The number of benzene rings is 1. The molecule has 1 aliphatic rings. The summed E-state index contributed by atoms with van der Waals surface area (Å²) in [5.74, 6) is 0.601. The summed E-state index contributed by atoms with van der Waals surface area (Å²) in [6, 6.07) is 6.87. The fourth-order valence-corrected chi connectivity index (χ4v) is 5.40. The highest BCUT2D eigenvalue weighted by molar-refractivity contribution is 7.45. The molecule has 4 rings (SSSR count). The van der Waals surface area contributed by atoms with Crippen LogP contribution in [0.25, 0.3) is 11.2 Å². The van der Waals surface area contributed by atoms with Crippen molar-refractivity contribution in [2.24, 2.45) is 5.92 Å². The summed E-state index contributed by atoms with van der Waals surface area (Å²) in [6.45, 7) is 5.68. The number of carbonyl (C=O) groups excluding carboxylic acids is 1. The Hall–Kier alpha value is -2.80. The van der Waals surface area contributed by atoms with Gasteiger partial charge in [-0.1, -0.05) is 18.5 Å². The van der Waals surface area contributed by atoms with Gasteiger partial charge in [-0.05, 0) is 44.5 Å². The molecule has 0 bridgehead atoms. The molecule has 3 aromatic rings. The third kappa shape index (κ3) is 7.44. The summed E-state index contributed by atoms with van der Waals surface area (Å²) in [6.07, 6.45) is 1.76. The summed E-state index contributed by atoms with van der Waals surface area (Å²) in [4.78, 5) is 25.1. The Bertz CT molecular complexity index is 1250. The molecule has 1 aromatic carbocycles. The van der Waals surface area contributed by atoms with Crippen molar-refractivity contribution in [3.8, 4) is 11.6 Å². The molecule has 1 fully saturated rings. The van der Waals surface area contributed by atoms with Crippen LogP contribution in [0.1, 0.15) is 33.4 Å². The molecule has 2 aromatic heterocycles. The molecule has 0 amide bonds. The number of halogens is 1. The number of hydrogen-bond donors (Lipinski definition) is 3. The fourth-order valence-electron chi connectivity index (χ4n) is 3.95. The van der Waals surface area contributed by atoms with Gasteiger partial charge in [0.25, 0.3) is 0 Å². The first-order valence-corrected chi connectivity index (χ1v) is 13.5. The van der Waals surface area contributed by atoms with Gasteiger partial charge in [-0.3, -0.25) is 9.36 Å². The molecule has 1 aliphatic heterocycles. The number of esters is 1. The number of ether oxygens (including phenoxy) is 3. The number of fused-ring (bicyclic) bond motifs is 1. The number of aromatic nitrogens is 4. The Balaban J connectivity index is 0.00000205. The largest absolute Gasteiger partial charge is 0.479 e. The molecular weight excluding hydrogens is 551 g/mol. The van der Waals surface area contributed by atoms with Crippen molar-refractivity contribution in [1.29, 1.82) is 0 Å². The van der Waals surface area contributed by atoms with E-state index in [0.29, 0.717) is 34.2 Å². The van der Waals surface area contributed by atoms with Crippen LogP contribution in [0.3, 0.4) is 0 Å². The minimum Gasteiger partial charge on any atom is -0.479 e. The Morgan fingerprint density at radius 2 is 1.97 bits per heavy atom. The van der Waals surface area contributed by atoms with Gasteiger partial charge < -0.3 is 34.1 Å². The van der Waals surface area contributed by atoms with Gasteiger partial charge in [0.05, 0.1) is 33.3 Å². The number of nitrogen functional groups attached to an aromatic ring is 1. The van der Waals surface area contributed by atoms with Gasteiger partial charge in [-0.2, -0.15) is 9.97 Å². The summed E-state index contributed by atoms with van der Waals surface area (Å²) >= 11 is 5.99. The van der Waals surface area contributed by atoms with E-state index in [1.807, 2.05) is 4.57 Å². The minimum absolute atomic E-state index is 0.0842. The number of anilines is 1. The molecule has 1 saturated heterocycles. The SMILES string of the molecule is CO.COC(=O)C(C)(C)NP(OCC1CC(C)[C@H](n2cnc3c(OC)nc(N)nc32)O1)Oc1ccc(Cl)cc1. The van der Waals surface area contributed by atoms with E-state index in [1.165, 1.54) is 14.2 Å². The van der Waals surface area contributed by atoms with E-state index in [-0.39, 0.29) is 30.8 Å². The molecule has 3 heterocycles. The molecule has 0 radical (unpaired) electrons. The molecule has 4 N–H and O–H groups in total. The zero-order valence-electron chi connectivity index (χ0n) is 22.6. The highest BCUT2D eigenvalue weighted by Crippen LogP contribution is 2.42. The number of aliphatic hydroxyl groups is 1. The van der Waals surface area contributed by atoms with Gasteiger partial charge in [0.15, 0.2) is 11.2 Å². The van der Waals surface area contributed by atoms with E-state index >= 15 is 0 Å². The van der Waals surface area contributed by atoms with Crippen molar-refractivity contribution in [3.63, 3.8) is 0 Å². The number of methoxy groups -OCH3 is 2. The molecule has 214 valence electrons. The van der Waals surface area contributed by atoms with E-state index in [9.17, 15) is 4.79 Å². The molecule has 13 nitrogen and oxygen atoms in total. The third-order valence-corrected chi connectivity index (χ3v) is 7.53. The van der Waals surface area contributed by atoms with Gasteiger partial charge in [-0.15, -0.1) is 0 Å². The van der Waals surface area contributed by atoms with Crippen LogP contribution in [0.5, 0.6) is 11.6 Å². The predicted octanol–water partition coefficient (Wildman–Crippen LogP) is 3.47. The van der Waals surface area contributed by atoms with Crippen molar-refractivity contribution in [2.45, 2.75) is 45.1 Å². The van der Waals surface area contributed by atoms with Crippen LogP contribution in [0.2, 0.25) is 5.02 Å². The molecule has 4 atom stereocenters. The summed E-state index contributed by atoms with van der Waals surface area (Å²) in [5.41, 5.74) is 5.84. The Kier molecular flexibility index (Phi) is 10.6. The Morgan fingerprint density at radius 3 is 2.62 bits per heavy atom. The fraction of sp³-hybridized carbons (Fsp3) is 0.500. The molecule has 15 heteroatoms. The maximum absolute atomic E-state index is 12.3. The average Bonchev–Trinajstić information content (AvgIpc) is 3.51. The predicted molar refractivity (Wildman–Crippen MR) is 146 cm³/mol. The maximum atomic E-state index is 12.3. The molecule has 3 unspecified atom stereocenters. The second-order valence-electron chi connectivity index (χ2n) is 9.10. The average molecular weight is 585 g/mol. The standard InChI is InChI=1S/C23H30ClN6O6P.CH4O/c1-13-10-16(35-20(13)30-12-26-17-18(30)27-22(25)28-19(17)32-4)11-34-37(29-23(2,3)21(31)33-5)36-15-8-6-14(24)7-9-15;1-2/h6-9,12-13,16,20,29H,10-11H2,1-5H3,(H2,25,27,28);2H,1H3/t13?,16?,20-,37?;/m1./s1. The van der Waals surface area contributed by atoms with E-state index in [4.69, 9.17) is 45.7 Å². The summed E-state index contributed by atoms with van der Waals surface area (Å²) < 4.78 is 30.5. The summed E-state index contributed by atoms with van der Waals surface area (Å²) in [5, 5.41) is 10.7. The number of imidazole rings is 1. The van der Waals surface area contributed by atoms with Crippen molar-refractivity contribution < 1.29 is 33.2 Å². The first-order chi connectivity index (χ1) is 18.6. The topological polar surface area (TPSA) is 165 Å².